The van der Waals surface area contributed by atoms with Gasteiger partial charge in [-0.15, -0.1) is 0 Å². The molecule has 0 saturated heterocycles. The fourth-order valence-corrected chi connectivity index (χ4v) is 3.57. The number of benzene rings is 2. The first-order valence-electron chi connectivity index (χ1n) is 8.54. The SMILES string of the molecule is COCCCNC(=O)c1ccccc1NS(=O)(=O)c1ccc(OC)c(OC)c1. The Hall–Kier alpha value is -2.78. The molecule has 2 rings (SSSR count). The highest BCUT2D eigenvalue weighted by molar-refractivity contribution is 7.92. The van der Waals surface area contributed by atoms with Gasteiger partial charge in [-0.25, -0.2) is 8.42 Å². The topological polar surface area (TPSA) is 103 Å². The summed E-state index contributed by atoms with van der Waals surface area (Å²) in [4.78, 5) is 12.4. The number of para-hydroxylation sites is 1. The van der Waals surface area contributed by atoms with Crippen molar-refractivity contribution in [1.82, 2.24) is 5.32 Å². The molecule has 0 bridgehead atoms. The summed E-state index contributed by atoms with van der Waals surface area (Å²) in [5.41, 5.74) is 0.408. The van der Waals surface area contributed by atoms with Gasteiger partial charge in [-0.1, -0.05) is 12.1 Å². The summed E-state index contributed by atoms with van der Waals surface area (Å²) >= 11 is 0. The predicted molar refractivity (Wildman–Crippen MR) is 106 cm³/mol. The number of hydrogen-bond acceptors (Lipinski definition) is 6. The van der Waals surface area contributed by atoms with E-state index >= 15 is 0 Å². The molecule has 0 spiro atoms. The number of anilines is 1. The van der Waals surface area contributed by atoms with Crippen LogP contribution in [-0.2, 0) is 14.8 Å². The second-order valence-electron chi connectivity index (χ2n) is 5.77. The Kier molecular flexibility index (Phi) is 7.65. The molecule has 2 aromatic carbocycles. The van der Waals surface area contributed by atoms with Gasteiger partial charge in [-0.2, -0.15) is 0 Å². The maximum atomic E-state index is 12.8. The smallest absolute Gasteiger partial charge is 0.262 e. The van der Waals surface area contributed by atoms with Crippen molar-refractivity contribution in [2.24, 2.45) is 0 Å². The summed E-state index contributed by atoms with van der Waals surface area (Å²) in [6.07, 6.45) is 0.655. The van der Waals surface area contributed by atoms with E-state index in [4.69, 9.17) is 14.2 Å². The highest BCUT2D eigenvalue weighted by Crippen LogP contribution is 2.30. The second kappa shape index (κ2) is 9.95. The number of sulfonamides is 1. The van der Waals surface area contributed by atoms with Crippen LogP contribution >= 0.6 is 0 Å². The highest BCUT2D eigenvalue weighted by atomic mass is 32.2. The Balaban J connectivity index is 2.24. The molecular weight excluding hydrogens is 384 g/mol. The van der Waals surface area contributed by atoms with Crippen molar-refractivity contribution in [2.75, 3.05) is 39.2 Å². The minimum Gasteiger partial charge on any atom is -0.493 e. The number of rotatable bonds is 10. The average Bonchev–Trinajstić information content (AvgIpc) is 2.70. The van der Waals surface area contributed by atoms with Gasteiger partial charge in [-0.3, -0.25) is 9.52 Å². The van der Waals surface area contributed by atoms with Gasteiger partial charge in [0.25, 0.3) is 15.9 Å². The first-order chi connectivity index (χ1) is 13.4. The molecule has 28 heavy (non-hydrogen) atoms. The molecule has 8 nitrogen and oxygen atoms in total. The van der Waals surface area contributed by atoms with Crippen molar-refractivity contribution in [3.63, 3.8) is 0 Å². The molecule has 2 N–H and O–H groups in total. The standard InChI is InChI=1S/C19H24N2O6S/c1-25-12-6-11-20-19(22)15-7-4-5-8-16(15)21-28(23,24)14-9-10-17(26-2)18(13-14)27-3/h4-5,7-10,13,21H,6,11-12H2,1-3H3,(H,20,22). The van der Waals surface area contributed by atoms with Gasteiger partial charge in [-0.05, 0) is 30.7 Å². The molecule has 0 heterocycles. The average molecular weight is 408 g/mol. The Labute approximate surface area is 164 Å². The fraction of sp³-hybridized carbons (Fsp3) is 0.316. The second-order valence-corrected chi connectivity index (χ2v) is 7.45. The van der Waals surface area contributed by atoms with Gasteiger partial charge in [0, 0.05) is 26.3 Å². The van der Waals surface area contributed by atoms with E-state index in [9.17, 15) is 13.2 Å². The molecule has 9 heteroatoms. The van der Waals surface area contributed by atoms with E-state index in [0.717, 1.165) is 0 Å². The first kappa shape index (κ1) is 21.5. The van der Waals surface area contributed by atoms with E-state index in [1.165, 1.54) is 38.5 Å². The van der Waals surface area contributed by atoms with Crippen LogP contribution in [0.1, 0.15) is 16.8 Å². The first-order valence-corrected chi connectivity index (χ1v) is 10.0. The van der Waals surface area contributed by atoms with Crippen molar-refractivity contribution < 1.29 is 27.4 Å². The van der Waals surface area contributed by atoms with Gasteiger partial charge in [0.2, 0.25) is 0 Å². The number of amides is 1. The van der Waals surface area contributed by atoms with Crippen LogP contribution in [0, 0.1) is 0 Å². The largest absolute Gasteiger partial charge is 0.493 e. The summed E-state index contributed by atoms with van der Waals surface area (Å²) in [5, 5.41) is 2.74. The molecule has 0 aromatic heterocycles. The Morgan fingerprint density at radius 1 is 1.00 bits per heavy atom. The number of hydrogen-bond donors (Lipinski definition) is 2. The molecule has 2 aromatic rings. The quantitative estimate of drug-likeness (QED) is 0.585. The summed E-state index contributed by atoms with van der Waals surface area (Å²) in [5.74, 6) is 0.327. The van der Waals surface area contributed by atoms with Crippen LogP contribution in [0.5, 0.6) is 11.5 Å². The summed E-state index contributed by atoms with van der Waals surface area (Å²) < 4.78 is 43.3. The highest BCUT2D eigenvalue weighted by Gasteiger charge is 2.20. The van der Waals surface area contributed by atoms with Gasteiger partial charge in [0.15, 0.2) is 11.5 Å². The number of nitrogens with one attached hydrogen (secondary N) is 2. The molecule has 0 fully saturated rings. The normalized spacial score (nSPS) is 11.0. The minimum atomic E-state index is -3.94. The molecule has 0 atom stereocenters. The van der Waals surface area contributed by atoms with Crippen LogP contribution in [0.4, 0.5) is 5.69 Å². The van der Waals surface area contributed by atoms with E-state index in [0.29, 0.717) is 25.3 Å². The van der Waals surface area contributed by atoms with Gasteiger partial charge >= 0.3 is 0 Å². The van der Waals surface area contributed by atoms with Crippen LogP contribution in [0.15, 0.2) is 47.4 Å². The zero-order chi connectivity index (χ0) is 20.6. The van der Waals surface area contributed by atoms with Crippen LogP contribution in [-0.4, -0.2) is 48.8 Å². The number of carbonyl (C=O) groups is 1. The maximum absolute atomic E-state index is 12.8. The third-order valence-corrected chi connectivity index (χ3v) is 5.26. The van der Waals surface area contributed by atoms with Gasteiger partial charge in [0.1, 0.15) is 0 Å². The lowest BCUT2D eigenvalue weighted by Gasteiger charge is -2.14. The molecule has 0 aliphatic carbocycles. The van der Waals surface area contributed by atoms with E-state index in [-0.39, 0.29) is 27.8 Å². The molecule has 0 aliphatic heterocycles. The van der Waals surface area contributed by atoms with Crippen molar-refractivity contribution in [2.45, 2.75) is 11.3 Å². The van der Waals surface area contributed by atoms with Crippen LogP contribution < -0.4 is 19.5 Å². The van der Waals surface area contributed by atoms with E-state index in [1.54, 1.807) is 25.3 Å². The van der Waals surface area contributed by atoms with Crippen LogP contribution in [0.2, 0.25) is 0 Å². The van der Waals surface area contributed by atoms with Crippen LogP contribution in [0.25, 0.3) is 0 Å². The van der Waals surface area contributed by atoms with E-state index < -0.39 is 10.0 Å². The molecular formula is C19H24N2O6S. The molecule has 0 unspecified atom stereocenters. The fourth-order valence-electron chi connectivity index (χ4n) is 2.47. The van der Waals surface area contributed by atoms with Crippen molar-refractivity contribution in [3.05, 3.63) is 48.0 Å². The third-order valence-electron chi connectivity index (χ3n) is 3.89. The Morgan fingerprint density at radius 3 is 2.39 bits per heavy atom. The number of ether oxygens (including phenoxy) is 3. The van der Waals surface area contributed by atoms with Crippen molar-refractivity contribution in [3.8, 4) is 11.5 Å². The molecule has 0 radical (unpaired) electrons. The summed E-state index contributed by atoms with van der Waals surface area (Å²) in [7, 11) is 0.527. The van der Waals surface area contributed by atoms with E-state index in [2.05, 4.69) is 10.0 Å². The van der Waals surface area contributed by atoms with Crippen molar-refractivity contribution >= 4 is 21.6 Å². The van der Waals surface area contributed by atoms with Crippen LogP contribution in [0.3, 0.4) is 0 Å². The number of methoxy groups -OCH3 is 3. The van der Waals surface area contributed by atoms with Gasteiger partial charge in [0.05, 0.1) is 30.4 Å². The molecule has 0 saturated carbocycles. The third kappa shape index (κ3) is 5.37. The molecule has 152 valence electrons. The minimum absolute atomic E-state index is 0.0135. The van der Waals surface area contributed by atoms with E-state index in [1.807, 2.05) is 0 Å². The maximum Gasteiger partial charge on any atom is 0.262 e. The lowest BCUT2D eigenvalue weighted by molar-refractivity contribution is 0.0949. The summed E-state index contributed by atoms with van der Waals surface area (Å²) in [6, 6.07) is 10.7. The lowest BCUT2D eigenvalue weighted by Crippen LogP contribution is -2.26. The summed E-state index contributed by atoms with van der Waals surface area (Å²) in [6.45, 7) is 0.942. The molecule has 1 amide bonds. The molecule has 0 aliphatic rings. The zero-order valence-corrected chi connectivity index (χ0v) is 16.8. The predicted octanol–water partition coefficient (Wildman–Crippen LogP) is 2.27. The zero-order valence-electron chi connectivity index (χ0n) is 16.0. The Bertz CT molecular complexity index is 914. The Morgan fingerprint density at radius 2 is 1.71 bits per heavy atom. The monoisotopic (exact) mass is 408 g/mol. The van der Waals surface area contributed by atoms with Crippen molar-refractivity contribution in [1.29, 1.82) is 0 Å². The van der Waals surface area contributed by atoms with Gasteiger partial charge < -0.3 is 19.5 Å². The number of carbonyl (C=O) groups excluding carboxylic acids is 1. The lowest BCUT2D eigenvalue weighted by atomic mass is 10.1.